The molecule has 2 heterocycles. The van der Waals surface area contributed by atoms with Crippen LogP contribution in [0.15, 0.2) is 35.9 Å². The zero-order chi connectivity index (χ0) is 18.1. The molecule has 1 aromatic rings. The van der Waals surface area contributed by atoms with Crippen LogP contribution in [0.2, 0.25) is 0 Å². The van der Waals surface area contributed by atoms with Crippen molar-refractivity contribution in [1.82, 2.24) is 10.2 Å². The molecule has 4 rings (SSSR count). The van der Waals surface area contributed by atoms with Crippen LogP contribution >= 0.6 is 0 Å². The first-order valence-corrected chi connectivity index (χ1v) is 9.56. The molecule has 1 amide bonds. The molecule has 0 unspecified atom stereocenters. The Morgan fingerprint density at radius 3 is 2.85 bits per heavy atom. The molecule has 2 fully saturated rings. The monoisotopic (exact) mass is 354 g/mol. The molecular weight excluding hydrogens is 328 g/mol. The lowest BCUT2D eigenvalue weighted by Crippen LogP contribution is -2.45. The minimum atomic E-state index is -0.0394. The van der Waals surface area contributed by atoms with Crippen molar-refractivity contribution in [3.63, 3.8) is 0 Å². The van der Waals surface area contributed by atoms with Crippen LogP contribution in [-0.4, -0.2) is 54.5 Å². The maximum absolute atomic E-state index is 12.6. The summed E-state index contributed by atoms with van der Waals surface area (Å²) in [5.41, 5.74) is 2.79. The van der Waals surface area contributed by atoms with Crippen molar-refractivity contribution in [2.75, 3.05) is 19.7 Å². The number of nitrogens with zero attached hydrogens (tertiary/aromatic N) is 1. The van der Waals surface area contributed by atoms with Gasteiger partial charge in [0.05, 0.1) is 19.1 Å². The second kappa shape index (κ2) is 7.33. The first-order valence-electron chi connectivity index (χ1n) is 9.56. The third-order valence-corrected chi connectivity index (χ3v) is 5.72. The first kappa shape index (κ1) is 17.4. The summed E-state index contributed by atoms with van der Waals surface area (Å²) in [6.07, 6.45) is 2.63. The Morgan fingerprint density at radius 1 is 1.23 bits per heavy atom. The summed E-state index contributed by atoms with van der Waals surface area (Å²) < 4.78 is 5.72. The normalized spacial score (nSPS) is 29.1. The Hall–Kier alpha value is -1.98. The highest BCUT2D eigenvalue weighted by atomic mass is 16.5. The van der Waals surface area contributed by atoms with Crippen LogP contribution in [0, 0.1) is 0 Å². The lowest BCUT2D eigenvalue weighted by atomic mass is 10.00. The standard InChI is InChI=1S/C21H26N2O3/c1-14-11-23-12-16(9-17(23)13-26-14)22-21(25)10-19-18(7-8-20(19)24)15-5-3-2-4-6-15/h2-6,14,16-17H,7-13H2,1H3,(H,22,25)/t14-,16-,17-/m0/s1. The van der Waals surface area contributed by atoms with Crippen molar-refractivity contribution in [3.05, 3.63) is 41.5 Å². The minimum Gasteiger partial charge on any atom is -0.376 e. The summed E-state index contributed by atoms with van der Waals surface area (Å²) in [6.45, 7) is 4.64. The molecule has 0 spiro atoms. The molecule has 2 saturated heterocycles. The van der Waals surface area contributed by atoms with Crippen molar-refractivity contribution in [1.29, 1.82) is 0 Å². The number of carbonyl (C=O) groups is 2. The van der Waals surface area contributed by atoms with Crippen LogP contribution in [-0.2, 0) is 14.3 Å². The summed E-state index contributed by atoms with van der Waals surface area (Å²) in [4.78, 5) is 27.3. The van der Waals surface area contributed by atoms with Gasteiger partial charge in [-0.05, 0) is 30.9 Å². The second-order valence-corrected chi connectivity index (χ2v) is 7.67. The SMILES string of the molecule is C[C@H]1CN2C[C@@H](NC(=O)CC3=C(c4ccccc4)CCC3=O)C[C@H]2CO1. The van der Waals surface area contributed by atoms with Gasteiger partial charge in [0.1, 0.15) is 0 Å². The molecule has 1 aromatic carbocycles. The lowest BCUT2D eigenvalue weighted by Gasteiger charge is -2.33. The van der Waals surface area contributed by atoms with Gasteiger partial charge in [-0.15, -0.1) is 0 Å². The Labute approximate surface area is 154 Å². The highest BCUT2D eigenvalue weighted by Gasteiger charge is 2.37. The molecule has 1 aliphatic carbocycles. The highest BCUT2D eigenvalue weighted by Crippen LogP contribution is 2.33. The van der Waals surface area contributed by atoms with Gasteiger partial charge in [-0.3, -0.25) is 14.5 Å². The molecule has 1 N–H and O–H groups in total. The van der Waals surface area contributed by atoms with E-state index >= 15 is 0 Å². The average molecular weight is 354 g/mol. The molecular formula is C21H26N2O3. The van der Waals surface area contributed by atoms with E-state index in [4.69, 9.17) is 4.74 Å². The molecule has 3 aliphatic rings. The summed E-state index contributed by atoms with van der Waals surface area (Å²) in [6, 6.07) is 10.5. The maximum atomic E-state index is 12.6. The highest BCUT2D eigenvalue weighted by molar-refractivity contribution is 6.10. The van der Waals surface area contributed by atoms with Gasteiger partial charge >= 0.3 is 0 Å². The number of benzene rings is 1. The van der Waals surface area contributed by atoms with E-state index in [-0.39, 0.29) is 30.3 Å². The predicted molar refractivity (Wildman–Crippen MR) is 99.5 cm³/mol. The zero-order valence-corrected chi connectivity index (χ0v) is 15.2. The summed E-state index contributed by atoms with van der Waals surface area (Å²) in [5.74, 6) is 0.0764. The van der Waals surface area contributed by atoms with Crippen LogP contribution in [0.4, 0.5) is 0 Å². The van der Waals surface area contributed by atoms with Crippen molar-refractivity contribution in [2.24, 2.45) is 0 Å². The Bertz CT molecular complexity index is 728. The third kappa shape index (κ3) is 3.60. The van der Waals surface area contributed by atoms with E-state index in [0.29, 0.717) is 18.0 Å². The number of Topliss-reactive ketones (excluding diaryl/α,β-unsaturated/α-hetero) is 1. The van der Waals surface area contributed by atoms with Crippen LogP contribution < -0.4 is 5.32 Å². The first-order chi connectivity index (χ1) is 12.6. The van der Waals surface area contributed by atoms with Crippen molar-refractivity contribution < 1.29 is 14.3 Å². The topological polar surface area (TPSA) is 58.6 Å². The van der Waals surface area contributed by atoms with E-state index < -0.39 is 0 Å². The number of hydrogen-bond acceptors (Lipinski definition) is 4. The fourth-order valence-corrected chi connectivity index (χ4v) is 4.46. The van der Waals surface area contributed by atoms with Crippen LogP contribution in [0.1, 0.15) is 38.2 Å². The number of ketones is 1. The third-order valence-electron chi connectivity index (χ3n) is 5.72. The quantitative estimate of drug-likeness (QED) is 0.900. The number of carbonyl (C=O) groups excluding carboxylic acids is 2. The molecule has 0 aromatic heterocycles. The largest absolute Gasteiger partial charge is 0.376 e. The van der Waals surface area contributed by atoms with E-state index in [9.17, 15) is 9.59 Å². The summed E-state index contributed by atoms with van der Waals surface area (Å²) in [5, 5.41) is 3.15. The van der Waals surface area contributed by atoms with E-state index in [1.165, 1.54) is 0 Å². The smallest absolute Gasteiger partial charge is 0.224 e. The van der Waals surface area contributed by atoms with E-state index in [2.05, 4.69) is 17.1 Å². The number of allylic oxidation sites excluding steroid dienone is 1. The molecule has 0 radical (unpaired) electrons. The van der Waals surface area contributed by atoms with Gasteiger partial charge in [0, 0.05) is 37.2 Å². The summed E-state index contributed by atoms with van der Waals surface area (Å²) >= 11 is 0. The van der Waals surface area contributed by atoms with Crippen LogP contribution in [0.3, 0.4) is 0 Å². The van der Waals surface area contributed by atoms with Crippen molar-refractivity contribution >= 4 is 17.3 Å². The Kier molecular flexibility index (Phi) is 4.92. The van der Waals surface area contributed by atoms with E-state index in [0.717, 1.165) is 43.7 Å². The molecule has 0 bridgehead atoms. The Balaban J connectivity index is 1.40. The van der Waals surface area contributed by atoms with Gasteiger partial charge < -0.3 is 10.1 Å². The summed E-state index contributed by atoms with van der Waals surface area (Å²) in [7, 11) is 0. The lowest BCUT2D eigenvalue weighted by molar-refractivity contribution is -0.122. The van der Waals surface area contributed by atoms with Gasteiger partial charge in [0.2, 0.25) is 5.91 Å². The number of amides is 1. The average Bonchev–Trinajstić information content (AvgIpc) is 3.18. The number of morpholine rings is 1. The second-order valence-electron chi connectivity index (χ2n) is 7.67. The van der Waals surface area contributed by atoms with Crippen molar-refractivity contribution in [2.45, 2.75) is 50.8 Å². The maximum Gasteiger partial charge on any atom is 0.224 e. The van der Waals surface area contributed by atoms with Gasteiger partial charge in [-0.1, -0.05) is 30.3 Å². The van der Waals surface area contributed by atoms with Gasteiger partial charge in [0.25, 0.3) is 0 Å². The van der Waals surface area contributed by atoms with Crippen LogP contribution in [0.5, 0.6) is 0 Å². The number of nitrogens with one attached hydrogen (secondary N) is 1. The molecule has 138 valence electrons. The minimum absolute atomic E-state index is 0.0394. The Morgan fingerprint density at radius 2 is 2.04 bits per heavy atom. The zero-order valence-electron chi connectivity index (χ0n) is 15.2. The van der Waals surface area contributed by atoms with Crippen molar-refractivity contribution in [3.8, 4) is 0 Å². The number of rotatable bonds is 4. The fourth-order valence-electron chi connectivity index (χ4n) is 4.46. The van der Waals surface area contributed by atoms with Gasteiger partial charge in [-0.25, -0.2) is 0 Å². The number of hydrogen-bond donors (Lipinski definition) is 1. The van der Waals surface area contributed by atoms with Crippen LogP contribution in [0.25, 0.3) is 5.57 Å². The molecule has 3 atom stereocenters. The van der Waals surface area contributed by atoms with Gasteiger partial charge in [-0.2, -0.15) is 0 Å². The van der Waals surface area contributed by atoms with E-state index in [1.807, 2.05) is 30.3 Å². The molecule has 5 nitrogen and oxygen atoms in total. The number of fused-ring (bicyclic) bond motifs is 1. The fraction of sp³-hybridized carbons (Fsp3) is 0.524. The number of ether oxygens (including phenoxy) is 1. The molecule has 5 heteroatoms. The molecule has 0 saturated carbocycles. The molecule has 2 aliphatic heterocycles. The predicted octanol–water partition coefficient (Wildman–Crippen LogP) is 2.17. The van der Waals surface area contributed by atoms with Gasteiger partial charge in [0.15, 0.2) is 5.78 Å². The molecule has 26 heavy (non-hydrogen) atoms. The van der Waals surface area contributed by atoms with E-state index in [1.54, 1.807) is 0 Å².